The summed E-state index contributed by atoms with van der Waals surface area (Å²) in [6.45, 7) is 5.80. The molecule has 0 unspecified atom stereocenters. The van der Waals surface area contributed by atoms with Crippen LogP contribution in [0.5, 0.6) is 5.75 Å². The summed E-state index contributed by atoms with van der Waals surface area (Å²) < 4.78 is 5.32. The number of ether oxygens (including phenoxy) is 1. The monoisotopic (exact) mass is 269 g/mol. The molecule has 0 bridgehead atoms. The van der Waals surface area contributed by atoms with Gasteiger partial charge in [0.15, 0.2) is 5.78 Å². The lowest BCUT2D eigenvalue weighted by molar-refractivity contribution is 0.0991. The van der Waals surface area contributed by atoms with Crippen LogP contribution in [0.2, 0.25) is 0 Å². The zero-order valence-electron chi connectivity index (χ0n) is 12.4. The van der Waals surface area contributed by atoms with Gasteiger partial charge in [0.05, 0.1) is 7.11 Å². The molecule has 0 amide bonds. The molecule has 0 atom stereocenters. The Morgan fingerprint density at radius 2 is 1.90 bits per heavy atom. The van der Waals surface area contributed by atoms with Gasteiger partial charge in [0.2, 0.25) is 0 Å². The fraction of sp³-hybridized carbons (Fsp3) is 0.294. The molecule has 0 spiro atoms. The first-order valence-electron chi connectivity index (χ1n) is 6.62. The highest BCUT2D eigenvalue weighted by atomic mass is 16.5. The topological polar surface area (TPSA) is 39.2 Å². The van der Waals surface area contributed by atoms with Gasteiger partial charge in [0.1, 0.15) is 5.75 Å². The van der Waals surface area contributed by atoms with E-state index in [1.54, 1.807) is 7.11 Å². The first kappa shape index (κ1) is 14.3. The third-order valence-electron chi connectivity index (χ3n) is 3.31. The van der Waals surface area contributed by atoms with Crippen molar-refractivity contribution in [3.63, 3.8) is 0 Å². The van der Waals surface area contributed by atoms with Gasteiger partial charge >= 0.3 is 0 Å². The first-order valence-corrected chi connectivity index (χ1v) is 6.62. The van der Waals surface area contributed by atoms with Gasteiger partial charge in [-0.3, -0.25) is 9.78 Å². The SMILES string of the molecule is COc1ccc(C)cc1CC(=O)c1ccc(C)nc1C. The molecule has 3 nitrogen and oxygen atoms in total. The molecular formula is C17H19NO2. The highest BCUT2D eigenvalue weighted by molar-refractivity contribution is 5.98. The number of hydrogen-bond acceptors (Lipinski definition) is 3. The summed E-state index contributed by atoms with van der Waals surface area (Å²) in [6.07, 6.45) is 0.330. The van der Waals surface area contributed by atoms with Crippen molar-refractivity contribution < 1.29 is 9.53 Å². The number of carbonyl (C=O) groups excluding carboxylic acids is 1. The fourth-order valence-corrected chi connectivity index (χ4v) is 2.29. The normalized spacial score (nSPS) is 10.4. The molecule has 1 aromatic carbocycles. The number of aromatic nitrogens is 1. The number of carbonyl (C=O) groups is 1. The molecule has 2 aromatic rings. The average Bonchev–Trinajstić information content (AvgIpc) is 2.38. The van der Waals surface area contributed by atoms with Crippen molar-refractivity contribution in [3.8, 4) is 5.75 Å². The number of nitrogens with zero attached hydrogens (tertiary/aromatic N) is 1. The van der Waals surface area contributed by atoms with E-state index in [1.165, 1.54) is 0 Å². The lowest BCUT2D eigenvalue weighted by Crippen LogP contribution is -2.08. The van der Waals surface area contributed by atoms with Crippen LogP contribution in [-0.4, -0.2) is 17.9 Å². The molecule has 104 valence electrons. The van der Waals surface area contributed by atoms with Crippen molar-refractivity contribution in [2.24, 2.45) is 0 Å². The summed E-state index contributed by atoms with van der Waals surface area (Å²) in [6, 6.07) is 9.59. The lowest BCUT2D eigenvalue weighted by atomic mass is 10.00. The van der Waals surface area contributed by atoms with E-state index in [1.807, 2.05) is 51.1 Å². The molecule has 0 aliphatic rings. The Morgan fingerprint density at radius 3 is 2.55 bits per heavy atom. The van der Waals surface area contributed by atoms with Crippen LogP contribution >= 0.6 is 0 Å². The molecule has 0 fully saturated rings. The molecule has 1 aromatic heterocycles. The minimum Gasteiger partial charge on any atom is -0.496 e. The van der Waals surface area contributed by atoms with Crippen LogP contribution in [0.3, 0.4) is 0 Å². The van der Waals surface area contributed by atoms with Gasteiger partial charge < -0.3 is 4.74 Å². The first-order chi connectivity index (χ1) is 9.51. The zero-order valence-corrected chi connectivity index (χ0v) is 12.4. The molecule has 0 radical (unpaired) electrons. The second-order valence-corrected chi connectivity index (χ2v) is 5.00. The van der Waals surface area contributed by atoms with E-state index in [0.717, 1.165) is 28.3 Å². The Bertz CT molecular complexity index is 647. The molecule has 0 aliphatic carbocycles. The quantitative estimate of drug-likeness (QED) is 0.798. The van der Waals surface area contributed by atoms with Crippen LogP contribution in [0.4, 0.5) is 0 Å². The maximum atomic E-state index is 12.4. The predicted molar refractivity (Wildman–Crippen MR) is 79.5 cm³/mol. The summed E-state index contributed by atoms with van der Waals surface area (Å²) in [5.41, 5.74) is 4.41. The van der Waals surface area contributed by atoms with Gasteiger partial charge in [-0.05, 0) is 39.0 Å². The van der Waals surface area contributed by atoms with E-state index in [0.29, 0.717) is 12.0 Å². The highest BCUT2D eigenvalue weighted by Gasteiger charge is 2.14. The molecule has 1 heterocycles. The van der Waals surface area contributed by atoms with E-state index < -0.39 is 0 Å². The smallest absolute Gasteiger partial charge is 0.169 e. The molecule has 0 saturated heterocycles. The largest absolute Gasteiger partial charge is 0.496 e. The van der Waals surface area contributed by atoms with E-state index in [4.69, 9.17) is 4.74 Å². The summed E-state index contributed by atoms with van der Waals surface area (Å²) in [5, 5.41) is 0. The van der Waals surface area contributed by atoms with Gasteiger partial charge in [-0.15, -0.1) is 0 Å². The second kappa shape index (κ2) is 5.87. The Labute approximate surface area is 119 Å². The van der Waals surface area contributed by atoms with E-state index >= 15 is 0 Å². The third-order valence-corrected chi connectivity index (χ3v) is 3.31. The molecule has 2 rings (SSSR count). The maximum Gasteiger partial charge on any atom is 0.169 e. The van der Waals surface area contributed by atoms with E-state index in [-0.39, 0.29) is 5.78 Å². The molecule has 0 saturated carbocycles. The number of ketones is 1. The number of aryl methyl sites for hydroxylation is 3. The minimum absolute atomic E-state index is 0.0684. The van der Waals surface area contributed by atoms with Crippen molar-refractivity contribution >= 4 is 5.78 Å². The van der Waals surface area contributed by atoms with E-state index in [2.05, 4.69) is 4.98 Å². The van der Waals surface area contributed by atoms with Crippen LogP contribution in [0.25, 0.3) is 0 Å². The standard InChI is InChI=1S/C17H19NO2/c1-11-5-8-17(20-4)14(9-11)10-16(19)15-7-6-12(2)18-13(15)3/h5-9H,10H2,1-4H3. The van der Waals surface area contributed by atoms with Crippen molar-refractivity contribution in [3.05, 3.63) is 58.4 Å². The highest BCUT2D eigenvalue weighted by Crippen LogP contribution is 2.22. The molecule has 0 N–H and O–H groups in total. The second-order valence-electron chi connectivity index (χ2n) is 5.00. The summed E-state index contributed by atoms with van der Waals surface area (Å²) in [7, 11) is 1.62. The van der Waals surface area contributed by atoms with Crippen molar-refractivity contribution in [2.75, 3.05) is 7.11 Å². The van der Waals surface area contributed by atoms with Crippen LogP contribution in [-0.2, 0) is 6.42 Å². The van der Waals surface area contributed by atoms with Crippen LogP contribution in [0.15, 0.2) is 30.3 Å². The van der Waals surface area contributed by atoms with Gasteiger partial charge in [0.25, 0.3) is 0 Å². The predicted octanol–water partition coefficient (Wildman–Crippen LogP) is 3.44. The molecule has 0 aliphatic heterocycles. The number of methoxy groups -OCH3 is 1. The number of Topliss-reactive ketones (excluding diaryl/α,β-unsaturated/α-hetero) is 1. The number of pyridine rings is 1. The summed E-state index contributed by atoms with van der Waals surface area (Å²) >= 11 is 0. The molecule has 20 heavy (non-hydrogen) atoms. The summed E-state index contributed by atoms with van der Waals surface area (Å²) in [4.78, 5) is 16.8. The van der Waals surface area contributed by atoms with Crippen LogP contribution in [0.1, 0.15) is 32.9 Å². The average molecular weight is 269 g/mol. The summed E-state index contributed by atoms with van der Waals surface area (Å²) in [5.74, 6) is 0.820. The van der Waals surface area contributed by atoms with Gasteiger partial charge in [0, 0.05) is 28.9 Å². The number of rotatable bonds is 4. The van der Waals surface area contributed by atoms with Crippen molar-refractivity contribution in [1.82, 2.24) is 4.98 Å². The Kier molecular flexibility index (Phi) is 4.18. The van der Waals surface area contributed by atoms with Crippen LogP contribution in [0, 0.1) is 20.8 Å². The Morgan fingerprint density at radius 1 is 1.15 bits per heavy atom. The van der Waals surface area contributed by atoms with E-state index in [9.17, 15) is 4.79 Å². The van der Waals surface area contributed by atoms with Gasteiger partial charge in [-0.1, -0.05) is 17.7 Å². The number of benzene rings is 1. The number of hydrogen-bond donors (Lipinski definition) is 0. The van der Waals surface area contributed by atoms with Crippen molar-refractivity contribution in [1.29, 1.82) is 0 Å². The fourth-order valence-electron chi connectivity index (χ4n) is 2.29. The lowest BCUT2D eigenvalue weighted by Gasteiger charge is -2.10. The van der Waals surface area contributed by atoms with Crippen molar-refractivity contribution in [2.45, 2.75) is 27.2 Å². The minimum atomic E-state index is 0.0684. The zero-order chi connectivity index (χ0) is 14.7. The third kappa shape index (κ3) is 3.05. The molecular weight excluding hydrogens is 250 g/mol. The van der Waals surface area contributed by atoms with Crippen LogP contribution < -0.4 is 4.74 Å². The Hall–Kier alpha value is -2.16. The molecule has 3 heteroatoms. The Balaban J connectivity index is 2.30. The van der Waals surface area contributed by atoms with Gasteiger partial charge in [-0.25, -0.2) is 0 Å². The maximum absolute atomic E-state index is 12.4. The van der Waals surface area contributed by atoms with Gasteiger partial charge in [-0.2, -0.15) is 0 Å².